The summed E-state index contributed by atoms with van der Waals surface area (Å²) < 4.78 is 5.56. The maximum atomic E-state index is 13.5. The number of likely N-dealkylation sites (tertiary alicyclic amines) is 1. The molecule has 0 amide bonds. The number of hydrogen-bond acceptors (Lipinski definition) is 4. The van der Waals surface area contributed by atoms with Crippen molar-refractivity contribution < 1.29 is 14.3 Å². The van der Waals surface area contributed by atoms with E-state index in [-0.39, 0.29) is 22.9 Å². The first-order valence-electron chi connectivity index (χ1n) is 12.2. The lowest BCUT2D eigenvalue weighted by molar-refractivity contribution is -0.148. The maximum absolute atomic E-state index is 13.5. The molecule has 0 aromatic carbocycles. The monoisotopic (exact) mass is 411 g/mol. The summed E-state index contributed by atoms with van der Waals surface area (Å²) >= 11 is 0. The Balaban J connectivity index is 1.40. The SMILES string of the molecule is CC(=O)OC1CC[C@@]2(C)C(=CCC3C2CC[C@]2(C)C(=O)/C(=C/N4CCCC4)CC32)C1. The van der Waals surface area contributed by atoms with Gasteiger partial charge in [-0.1, -0.05) is 25.5 Å². The average Bonchev–Trinajstić information content (AvgIpc) is 3.29. The van der Waals surface area contributed by atoms with Crippen LogP contribution in [0.2, 0.25) is 0 Å². The molecule has 6 atom stereocenters. The first-order valence-corrected chi connectivity index (χ1v) is 12.2. The van der Waals surface area contributed by atoms with Crippen LogP contribution in [0, 0.1) is 28.6 Å². The third kappa shape index (κ3) is 3.08. The van der Waals surface area contributed by atoms with Crippen LogP contribution < -0.4 is 0 Å². The fraction of sp³-hybridized carbons (Fsp3) is 0.769. The van der Waals surface area contributed by atoms with Crippen LogP contribution in [0.25, 0.3) is 0 Å². The van der Waals surface area contributed by atoms with Crippen LogP contribution in [0.3, 0.4) is 0 Å². The molecule has 4 unspecified atom stereocenters. The zero-order valence-corrected chi connectivity index (χ0v) is 18.9. The van der Waals surface area contributed by atoms with E-state index in [1.54, 1.807) is 0 Å². The molecule has 0 spiro atoms. The van der Waals surface area contributed by atoms with E-state index in [0.29, 0.717) is 23.5 Å². The van der Waals surface area contributed by atoms with Gasteiger partial charge in [-0.15, -0.1) is 0 Å². The molecule has 0 N–H and O–H groups in total. The Hall–Kier alpha value is -1.58. The third-order valence-corrected chi connectivity index (χ3v) is 9.51. The van der Waals surface area contributed by atoms with Crippen molar-refractivity contribution in [1.29, 1.82) is 0 Å². The molecule has 4 nitrogen and oxygen atoms in total. The number of fused-ring (bicyclic) bond motifs is 5. The van der Waals surface area contributed by atoms with Gasteiger partial charge in [-0.2, -0.15) is 0 Å². The minimum Gasteiger partial charge on any atom is -0.462 e. The highest BCUT2D eigenvalue weighted by atomic mass is 16.5. The van der Waals surface area contributed by atoms with E-state index >= 15 is 0 Å². The maximum Gasteiger partial charge on any atom is 0.302 e. The van der Waals surface area contributed by atoms with Crippen LogP contribution >= 0.6 is 0 Å². The second-order valence-electron chi connectivity index (χ2n) is 11.1. The molecule has 1 saturated heterocycles. The van der Waals surface area contributed by atoms with Gasteiger partial charge >= 0.3 is 5.97 Å². The summed E-state index contributed by atoms with van der Waals surface area (Å²) in [6.45, 7) is 8.46. The van der Waals surface area contributed by atoms with Crippen LogP contribution in [0.4, 0.5) is 0 Å². The van der Waals surface area contributed by atoms with Crippen molar-refractivity contribution in [2.75, 3.05) is 13.1 Å². The summed E-state index contributed by atoms with van der Waals surface area (Å²) in [7, 11) is 0. The van der Waals surface area contributed by atoms with E-state index < -0.39 is 0 Å². The standard InChI is InChI=1S/C26H37NO3/c1-17(28)30-20-8-10-25(2)19(15-20)6-7-21-22(25)9-11-26(3)23(21)14-18(24(26)29)16-27-12-4-5-13-27/h6,16,20-23H,4-5,7-15H2,1-3H3/b18-16+/t20?,21?,22?,23?,25-,26-/m0/s1. The average molecular weight is 412 g/mol. The second-order valence-corrected chi connectivity index (χ2v) is 11.1. The Kier molecular flexibility index (Phi) is 4.91. The van der Waals surface area contributed by atoms with Crippen molar-refractivity contribution in [1.82, 2.24) is 4.90 Å². The molecule has 3 saturated carbocycles. The number of carbonyl (C=O) groups is 2. The van der Waals surface area contributed by atoms with Gasteiger partial charge in [0.2, 0.25) is 0 Å². The fourth-order valence-electron chi connectivity index (χ4n) is 7.84. The van der Waals surface area contributed by atoms with Gasteiger partial charge in [-0.3, -0.25) is 9.59 Å². The predicted octanol–water partition coefficient (Wildman–Crippen LogP) is 5.04. The van der Waals surface area contributed by atoms with E-state index in [4.69, 9.17) is 4.74 Å². The molecule has 4 heteroatoms. The molecule has 5 rings (SSSR count). The van der Waals surface area contributed by atoms with Crippen LogP contribution in [0.15, 0.2) is 23.4 Å². The largest absolute Gasteiger partial charge is 0.462 e. The molecule has 0 aromatic rings. The van der Waals surface area contributed by atoms with Crippen molar-refractivity contribution >= 4 is 11.8 Å². The van der Waals surface area contributed by atoms with Gasteiger partial charge in [0.05, 0.1) is 0 Å². The number of Topliss-reactive ketones (excluding diaryl/α,β-unsaturated/α-hetero) is 1. The Morgan fingerprint density at radius 2 is 1.83 bits per heavy atom. The summed E-state index contributed by atoms with van der Waals surface area (Å²) in [6.07, 6.45) is 14.5. The molecule has 0 radical (unpaired) electrons. The first kappa shape index (κ1) is 20.3. The Bertz CT molecular complexity index is 807. The zero-order valence-electron chi connectivity index (χ0n) is 18.9. The lowest BCUT2D eigenvalue weighted by atomic mass is 9.48. The highest BCUT2D eigenvalue weighted by Crippen LogP contribution is 2.64. The number of esters is 1. The molecular formula is C26H37NO3. The van der Waals surface area contributed by atoms with Crippen molar-refractivity contribution in [2.45, 2.75) is 84.7 Å². The van der Waals surface area contributed by atoms with E-state index in [9.17, 15) is 9.59 Å². The van der Waals surface area contributed by atoms with Gasteiger partial charge in [-0.05, 0) is 74.5 Å². The number of ether oxygens (including phenoxy) is 1. The van der Waals surface area contributed by atoms with Gasteiger partial charge in [0, 0.05) is 43.6 Å². The number of hydrogen-bond donors (Lipinski definition) is 0. The molecule has 4 aliphatic carbocycles. The van der Waals surface area contributed by atoms with Gasteiger partial charge in [0.1, 0.15) is 6.10 Å². The first-order chi connectivity index (χ1) is 14.3. The van der Waals surface area contributed by atoms with E-state index in [2.05, 4.69) is 31.0 Å². The number of rotatable bonds is 2. The lowest BCUT2D eigenvalue weighted by Crippen LogP contribution is -2.50. The number of carbonyl (C=O) groups excluding carboxylic acids is 2. The molecule has 1 aliphatic heterocycles. The molecule has 164 valence electrons. The summed E-state index contributed by atoms with van der Waals surface area (Å²) in [6, 6.07) is 0. The van der Waals surface area contributed by atoms with Crippen LogP contribution in [0.1, 0.15) is 78.6 Å². The normalized spacial score (nSPS) is 44.4. The van der Waals surface area contributed by atoms with Crippen LogP contribution in [-0.2, 0) is 14.3 Å². The summed E-state index contributed by atoms with van der Waals surface area (Å²) in [5.74, 6) is 2.03. The summed E-state index contributed by atoms with van der Waals surface area (Å²) in [5, 5.41) is 0. The summed E-state index contributed by atoms with van der Waals surface area (Å²) in [5.41, 5.74) is 2.67. The van der Waals surface area contributed by atoms with Crippen molar-refractivity contribution in [3.8, 4) is 0 Å². The highest BCUT2D eigenvalue weighted by Gasteiger charge is 2.60. The highest BCUT2D eigenvalue weighted by molar-refractivity contribution is 6.02. The van der Waals surface area contributed by atoms with E-state index in [1.165, 1.54) is 25.3 Å². The quantitative estimate of drug-likeness (QED) is 0.363. The Labute approximate surface area is 181 Å². The van der Waals surface area contributed by atoms with Gasteiger partial charge in [0.15, 0.2) is 5.78 Å². The molecule has 5 aliphatic rings. The molecule has 0 bridgehead atoms. The summed E-state index contributed by atoms with van der Waals surface area (Å²) in [4.78, 5) is 27.3. The molecule has 0 aromatic heterocycles. The molecule has 4 fully saturated rings. The molecular weight excluding hydrogens is 374 g/mol. The number of ketones is 1. The minimum absolute atomic E-state index is 0.0512. The lowest BCUT2D eigenvalue weighted by Gasteiger charge is -2.56. The molecule has 1 heterocycles. The van der Waals surface area contributed by atoms with Crippen LogP contribution in [-0.4, -0.2) is 35.8 Å². The minimum atomic E-state index is -0.163. The van der Waals surface area contributed by atoms with Gasteiger partial charge < -0.3 is 9.64 Å². The molecule has 30 heavy (non-hydrogen) atoms. The van der Waals surface area contributed by atoms with Crippen molar-refractivity contribution in [2.24, 2.45) is 28.6 Å². The van der Waals surface area contributed by atoms with E-state index in [1.807, 2.05) is 0 Å². The smallest absolute Gasteiger partial charge is 0.302 e. The van der Waals surface area contributed by atoms with Crippen molar-refractivity contribution in [3.05, 3.63) is 23.4 Å². The third-order valence-electron chi connectivity index (χ3n) is 9.51. The Morgan fingerprint density at radius 3 is 2.57 bits per heavy atom. The fourth-order valence-corrected chi connectivity index (χ4v) is 7.84. The van der Waals surface area contributed by atoms with Gasteiger partial charge in [-0.25, -0.2) is 0 Å². The Morgan fingerprint density at radius 1 is 1.10 bits per heavy atom. The van der Waals surface area contributed by atoms with E-state index in [0.717, 1.165) is 63.6 Å². The number of nitrogens with zero attached hydrogens (tertiary/aromatic N) is 1. The zero-order chi connectivity index (χ0) is 21.1. The number of allylic oxidation sites excluding steroid dienone is 2. The predicted molar refractivity (Wildman–Crippen MR) is 117 cm³/mol. The van der Waals surface area contributed by atoms with Gasteiger partial charge in [0.25, 0.3) is 0 Å². The second kappa shape index (κ2) is 7.24. The topological polar surface area (TPSA) is 46.6 Å². The van der Waals surface area contributed by atoms with Crippen LogP contribution in [0.5, 0.6) is 0 Å². The van der Waals surface area contributed by atoms with Crippen molar-refractivity contribution in [3.63, 3.8) is 0 Å².